The third kappa shape index (κ3) is 9.12. The average molecular weight is 246 g/mol. The molecule has 0 bridgehead atoms. The van der Waals surface area contributed by atoms with Crippen molar-refractivity contribution in [2.45, 2.75) is 58.7 Å². The molecule has 0 saturated heterocycles. The summed E-state index contributed by atoms with van der Waals surface area (Å²) in [5.41, 5.74) is -0.378. The zero-order valence-electron chi connectivity index (χ0n) is 11.7. The molecule has 0 spiro atoms. The van der Waals surface area contributed by atoms with E-state index in [0.29, 0.717) is 32.7 Å². The van der Waals surface area contributed by atoms with Gasteiger partial charge in [-0.25, -0.2) is 0 Å². The standard InChI is InChI=1S/C13H26O4/c1-6-12(2,3)16-9-10-17-13(4,5)7-8-15-11-14/h11H,6-10H2,1-5H3. The lowest BCUT2D eigenvalue weighted by atomic mass is 10.1. The number of rotatable bonds is 10. The highest BCUT2D eigenvalue weighted by Crippen LogP contribution is 2.16. The van der Waals surface area contributed by atoms with Crippen molar-refractivity contribution in [2.24, 2.45) is 0 Å². The summed E-state index contributed by atoms with van der Waals surface area (Å²) in [6.07, 6.45) is 1.66. The van der Waals surface area contributed by atoms with Crippen molar-refractivity contribution in [3.63, 3.8) is 0 Å². The van der Waals surface area contributed by atoms with E-state index in [1.807, 2.05) is 13.8 Å². The summed E-state index contributed by atoms with van der Waals surface area (Å²) in [5.74, 6) is 0. The van der Waals surface area contributed by atoms with E-state index in [2.05, 4.69) is 25.5 Å². The van der Waals surface area contributed by atoms with Gasteiger partial charge in [0.05, 0.1) is 31.0 Å². The van der Waals surface area contributed by atoms with Crippen LogP contribution in [-0.2, 0) is 19.0 Å². The molecule has 0 rings (SSSR count). The summed E-state index contributed by atoms with van der Waals surface area (Å²) < 4.78 is 16.0. The average Bonchev–Trinajstić information content (AvgIpc) is 2.25. The first kappa shape index (κ1) is 16.4. The minimum atomic E-state index is -0.289. The fraction of sp³-hybridized carbons (Fsp3) is 0.923. The van der Waals surface area contributed by atoms with Crippen molar-refractivity contribution in [3.8, 4) is 0 Å². The predicted octanol–water partition coefficient (Wildman–Crippen LogP) is 2.55. The summed E-state index contributed by atoms with van der Waals surface area (Å²) >= 11 is 0. The third-order valence-electron chi connectivity index (χ3n) is 2.81. The first-order chi connectivity index (χ1) is 7.83. The number of carbonyl (C=O) groups is 1. The molecule has 0 N–H and O–H groups in total. The van der Waals surface area contributed by atoms with Gasteiger partial charge in [-0.15, -0.1) is 0 Å². The Labute approximate surface area is 105 Å². The van der Waals surface area contributed by atoms with E-state index in [-0.39, 0.29) is 11.2 Å². The highest BCUT2D eigenvalue weighted by Gasteiger charge is 2.19. The minimum Gasteiger partial charge on any atom is -0.468 e. The summed E-state index contributed by atoms with van der Waals surface area (Å²) in [4.78, 5) is 10.0. The van der Waals surface area contributed by atoms with Crippen molar-refractivity contribution in [1.29, 1.82) is 0 Å². The van der Waals surface area contributed by atoms with Gasteiger partial charge in [0.2, 0.25) is 0 Å². The van der Waals surface area contributed by atoms with Crippen LogP contribution in [0.4, 0.5) is 0 Å². The molecule has 0 atom stereocenters. The molecular weight excluding hydrogens is 220 g/mol. The molecule has 0 fully saturated rings. The van der Waals surface area contributed by atoms with Crippen LogP contribution in [0.3, 0.4) is 0 Å². The molecule has 0 aromatic carbocycles. The van der Waals surface area contributed by atoms with Crippen LogP contribution in [0.1, 0.15) is 47.5 Å². The van der Waals surface area contributed by atoms with E-state index in [1.165, 1.54) is 0 Å². The maximum Gasteiger partial charge on any atom is 0.293 e. The number of carbonyl (C=O) groups excluding carboxylic acids is 1. The van der Waals surface area contributed by atoms with Crippen molar-refractivity contribution in [2.75, 3.05) is 19.8 Å². The normalized spacial score (nSPS) is 12.5. The third-order valence-corrected chi connectivity index (χ3v) is 2.81. The number of hydrogen-bond acceptors (Lipinski definition) is 4. The summed E-state index contributed by atoms with van der Waals surface area (Å²) in [6, 6.07) is 0. The van der Waals surface area contributed by atoms with Crippen molar-refractivity contribution in [3.05, 3.63) is 0 Å². The van der Waals surface area contributed by atoms with Gasteiger partial charge in [-0.3, -0.25) is 4.79 Å². The van der Waals surface area contributed by atoms with Crippen LogP contribution in [0.15, 0.2) is 0 Å². The molecule has 0 amide bonds. The summed E-state index contributed by atoms with van der Waals surface area (Å²) in [5, 5.41) is 0. The van der Waals surface area contributed by atoms with E-state index in [1.54, 1.807) is 0 Å². The second kappa shape index (κ2) is 7.67. The van der Waals surface area contributed by atoms with Gasteiger partial charge in [-0.1, -0.05) is 6.92 Å². The van der Waals surface area contributed by atoms with Crippen molar-refractivity contribution < 1.29 is 19.0 Å². The lowest BCUT2D eigenvalue weighted by molar-refractivity contribution is -0.131. The smallest absolute Gasteiger partial charge is 0.293 e. The van der Waals surface area contributed by atoms with Gasteiger partial charge in [0, 0.05) is 6.42 Å². The van der Waals surface area contributed by atoms with Crippen LogP contribution in [0, 0.1) is 0 Å². The summed E-state index contributed by atoms with van der Waals surface area (Å²) in [6.45, 7) is 12.2. The lowest BCUT2D eigenvalue weighted by Crippen LogP contribution is -2.30. The molecule has 0 aliphatic carbocycles. The van der Waals surface area contributed by atoms with Gasteiger partial charge >= 0.3 is 0 Å². The van der Waals surface area contributed by atoms with Crippen LogP contribution < -0.4 is 0 Å². The molecule has 0 heterocycles. The first-order valence-corrected chi connectivity index (χ1v) is 6.16. The molecule has 4 nitrogen and oxygen atoms in total. The van der Waals surface area contributed by atoms with Crippen LogP contribution in [-0.4, -0.2) is 37.5 Å². The lowest BCUT2D eigenvalue weighted by Gasteiger charge is -2.27. The maximum atomic E-state index is 10.0. The summed E-state index contributed by atoms with van der Waals surface area (Å²) in [7, 11) is 0. The second-order valence-electron chi connectivity index (χ2n) is 5.29. The SMILES string of the molecule is CCC(C)(C)OCCOC(C)(C)CCOC=O. The Morgan fingerprint density at radius 3 is 1.94 bits per heavy atom. The van der Waals surface area contributed by atoms with Gasteiger partial charge in [0.15, 0.2) is 0 Å². The van der Waals surface area contributed by atoms with E-state index >= 15 is 0 Å². The Morgan fingerprint density at radius 2 is 1.47 bits per heavy atom. The van der Waals surface area contributed by atoms with E-state index < -0.39 is 0 Å². The molecule has 102 valence electrons. The molecule has 0 aliphatic rings. The fourth-order valence-electron chi connectivity index (χ4n) is 1.16. The molecule has 0 unspecified atom stereocenters. The molecular formula is C13H26O4. The Hall–Kier alpha value is -0.610. The van der Waals surface area contributed by atoms with E-state index in [9.17, 15) is 4.79 Å². The highest BCUT2D eigenvalue weighted by molar-refractivity contribution is 5.36. The Morgan fingerprint density at radius 1 is 0.941 bits per heavy atom. The topological polar surface area (TPSA) is 44.8 Å². The monoisotopic (exact) mass is 246 g/mol. The molecule has 4 heteroatoms. The van der Waals surface area contributed by atoms with Gasteiger partial charge in [-0.2, -0.15) is 0 Å². The molecule has 0 aliphatic heterocycles. The molecule has 17 heavy (non-hydrogen) atoms. The van der Waals surface area contributed by atoms with Crippen molar-refractivity contribution >= 4 is 6.47 Å². The largest absolute Gasteiger partial charge is 0.468 e. The quantitative estimate of drug-likeness (QED) is 0.439. The molecule has 0 saturated carbocycles. The predicted molar refractivity (Wildman–Crippen MR) is 67.0 cm³/mol. The minimum absolute atomic E-state index is 0.0892. The van der Waals surface area contributed by atoms with Gasteiger partial charge in [-0.05, 0) is 34.1 Å². The molecule has 0 aromatic heterocycles. The fourth-order valence-corrected chi connectivity index (χ4v) is 1.16. The number of ether oxygens (including phenoxy) is 3. The molecule has 0 radical (unpaired) electrons. The van der Waals surface area contributed by atoms with Gasteiger partial charge < -0.3 is 14.2 Å². The zero-order chi connectivity index (χ0) is 13.4. The Bertz CT molecular complexity index is 211. The van der Waals surface area contributed by atoms with Gasteiger partial charge in [0.1, 0.15) is 0 Å². The van der Waals surface area contributed by atoms with E-state index in [0.717, 1.165) is 6.42 Å². The zero-order valence-corrected chi connectivity index (χ0v) is 11.7. The Balaban J connectivity index is 3.68. The molecule has 0 aromatic rings. The van der Waals surface area contributed by atoms with Crippen LogP contribution in [0.5, 0.6) is 0 Å². The maximum absolute atomic E-state index is 10.0. The van der Waals surface area contributed by atoms with E-state index in [4.69, 9.17) is 9.47 Å². The van der Waals surface area contributed by atoms with Crippen LogP contribution in [0.2, 0.25) is 0 Å². The van der Waals surface area contributed by atoms with Crippen LogP contribution in [0.25, 0.3) is 0 Å². The van der Waals surface area contributed by atoms with Crippen molar-refractivity contribution in [1.82, 2.24) is 0 Å². The number of hydrogen-bond donors (Lipinski definition) is 0. The highest BCUT2D eigenvalue weighted by atomic mass is 16.5. The second-order valence-corrected chi connectivity index (χ2v) is 5.29. The Kier molecular flexibility index (Phi) is 7.39. The van der Waals surface area contributed by atoms with Gasteiger partial charge in [0.25, 0.3) is 6.47 Å². The van der Waals surface area contributed by atoms with Crippen LogP contribution >= 0.6 is 0 Å². The first-order valence-electron chi connectivity index (χ1n) is 6.16.